The summed E-state index contributed by atoms with van der Waals surface area (Å²) in [5, 5.41) is 18.2. The van der Waals surface area contributed by atoms with Crippen LogP contribution in [-0.4, -0.2) is 122 Å². The Morgan fingerprint density at radius 3 is 2.08 bits per heavy atom. The summed E-state index contributed by atoms with van der Waals surface area (Å²) >= 11 is 0. The molecular weight excluding hydrogens is 618 g/mol. The van der Waals surface area contributed by atoms with E-state index in [0.29, 0.717) is 19.4 Å². The van der Waals surface area contributed by atoms with Gasteiger partial charge in [-0.05, 0) is 44.3 Å². The van der Waals surface area contributed by atoms with Crippen LogP contribution < -0.4 is 16.0 Å². The van der Waals surface area contributed by atoms with Gasteiger partial charge >= 0.3 is 5.97 Å². The molecule has 7 atom stereocenters. The van der Waals surface area contributed by atoms with E-state index in [0.717, 1.165) is 5.56 Å². The predicted molar refractivity (Wildman–Crippen MR) is 182 cm³/mol. The molecule has 1 aromatic carbocycles. The van der Waals surface area contributed by atoms with E-state index in [-0.39, 0.29) is 48.9 Å². The van der Waals surface area contributed by atoms with Gasteiger partial charge in [0.1, 0.15) is 12.1 Å². The van der Waals surface area contributed by atoms with E-state index >= 15 is 0 Å². The largest absolute Gasteiger partial charge is 0.480 e. The molecular formula is C35H57N5O8. The minimum Gasteiger partial charge on any atom is -0.480 e. The number of nitrogens with zero attached hydrogens (tertiary/aromatic N) is 2. The van der Waals surface area contributed by atoms with E-state index < -0.39 is 54.2 Å². The van der Waals surface area contributed by atoms with Crippen LogP contribution >= 0.6 is 0 Å². The van der Waals surface area contributed by atoms with Gasteiger partial charge in [0, 0.05) is 33.7 Å². The fraction of sp³-hybridized carbons (Fsp3) is 0.686. The maximum atomic E-state index is 13.6. The molecule has 0 aliphatic carbocycles. The minimum atomic E-state index is -1.14. The van der Waals surface area contributed by atoms with Gasteiger partial charge < -0.3 is 35.4 Å². The molecule has 2 unspecified atom stereocenters. The topological polar surface area (TPSA) is 167 Å². The Hall–Kier alpha value is -3.55. The maximum absolute atomic E-state index is 13.6. The number of hydrogen-bond acceptors (Lipinski definition) is 8. The Morgan fingerprint density at radius 1 is 0.917 bits per heavy atom. The highest BCUT2D eigenvalue weighted by Gasteiger charge is 2.41. The summed E-state index contributed by atoms with van der Waals surface area (Å²) in [6, 6.07) is 6.38. The monoisotopic (exact) mass is 675 g/mol. The number of amides is 4. The van der Waals surface area contributed by atoms with Crippen LogP contribution in [0.3, 0.4) is 0 Å². The lowest BCUT2D eigenvalue weighted by Gasteiger charge is -2.35. The summed E-state index contributed by atoms with van der Waals surface area (Å²) < 4.78 is 11.3. The van der Waals surface area contributed by atoms with Crippen LogP contribution in [0.2, 0.25) is 0 Å². The molecule has 0 radical (unpaired) electrons. The third kappa shape index (κ3) is 11.6. The third-order valence-corrected chi connectivity index (χ3v) is 9.02. The smallest absolute Gasteiger partial charge is 0.326 e. The molecule has 1 saturated heterocycles. The van der Waals surface area contributed by atoms with Crippen molar-refractivity contribution in [2.24, 2.45) is 17.8 Å². The van der Waals surface area contributed by atoms with Crippen LogP contribution in [0.25, 0.3) is 0 Å². The Labute approximate surface area is 285 Å². The van der Waals surface area contributed by atoms with Crippen molar-refractivity contribution in [3.05, 3.63) is 35.9 Å². The van der Waals surface area contributed by atoms with E-state index in [9.17, 15) is 29.1 Å². The number of likely N-dealkylation sites (tertiary alicyclic amines) is 1. The third-order valence-electron chi connectivity index (χ3n) is 9.02. The first kappa shape index (κ1) is 40.6. The van der Waals surface area contributed by atoms with Crippen molar-refractivity contribution in [1.82, 2.24) is 25.8 Å². The van der Waals surface area contributed by atoms with E-state index in [2.05, 4.69) is 16.0 Å². The second-order valence-corrected chi connectivity index (χ2v) is 13.6. The fourth-order valence-corrected chi connectivity index (χ4v) is 6.42. The fourth-order valence-electron chi connectivity index (χ4n) is 6.42. The maximum Gasteiger partial charge on any atom is 0.326 e. The molecule has 1 heterocycles. The highest BCUT2D eigenvalue weighted by molar-refractivity contribution is 5.90. The number of hydrogen-bond donors (Lipinski definition) is 4. The van der Waals surface area contributed by atoms with Crippen molar-refractivity contribution in [3.63, 3.8) is 0 Å². The van der Waals surface area contributed by atoms with Gasteiger partial charge in [-0.2, -0.15) is 0 Å². The molecule has 1 fully saturated rings. The molecule has 0 saturated carbocycles. The Kier molecular flexibility index (Phi) is 16.5. The quantitative estimate of drug-likeness (QED) is 0.171. The number of carboxylic acid groups (broad SMARTS) is 1. The highest BCUT2D eigenvalue weighted by Crippen LogP contribution is 2.27. The average molecular weight is 676 g/mol. The molecule has 270 valence electrons. The van der Waals surface area contributed by atoms with Gasteiger partial charge in [-0.15, -0.1) is 0 Å². The molecule has 1 aliphatic rings. The Morgan fingerprint density at radius 2 is 1.56 bits per heavy atom. The van der Waals surface area contributed by atoms with Crippen molar-refractivity contribution in [1.29, 1.82) is 0 Å². The number of carbonyl (C=O) groups is 5. The van der Waals surface area contributed by atoms with E-state index in [1.54, 1.807) is 24.0 Å². The summed E-state index contributed by atoms with van der Waals surface area (Å²) in [6.07, 6.45) is 0.141. The lowest BCUT2D eigenvalue weighted by Crippen LogP contribution is -2.56. The number of aliphatic carboxylic acids is 1. The first-order valence-corrected chi connectivity index (χ1v) is 16.8. The predicted octanol–water partition coefficient (Wildman–Crippen LogP) is 1.69. The minimum absolute atomic E-state index is 0.0167. The highest BCUT2D eigenvalue weighted by atomic mass is 16.5. The number of ether oxygens (including phenoxy) is 2. The summed E-state index contributed by atoms with van der Waals surface area (Å²) in [5.41, 5.74) is 0.783. The van der Waals surface area contributed by atoms with Crippen molar-refractivity contribution in [2.45, 2.75) is 96.7 Å². The van der Waals surface area contributed by atoms with E-state index in [1.807, 2.05) is 64.9 Å². The Balaban J connectivity index is 2.04. The number of benzene rings is 1. The number of nitrogens with one attached hydrogen (secondary N) is 3. The normalized spacial score (nSPS) is 18.6. The SMILES string of the molecule is COC(C1CCCN1C(=O)C[C@H](CNC(=O)[C@@H](NC(=O)[C@H](C(C)C)N(C)C)C(C)C)OC)[C@@H](C)C(=O)N[C@@H](Cc1ccccc1)C(=O)O. The van der Waals surface area contributed by atoms with Gasteiger partial charge in [-0.25, -0.2) is 4.79 Å². The molecule has 13 heteroatoms. The standard InChI is InChI=1S/C35H57N5O8/c1-21(2)29(38-34(44)30(22(3)4)39(6)7)33(43)36-20-25(47-8)19-28(41)40-17-13-16-27(40)31(48-9)23(5)32(42)37-26(35(45)46)18-24-14-11-10-12-15-24/h10-12,14-15,21-23,25-27,29-31H,13,16-20H2,1-9H3,(H,36,43)(H,37,42)(H,38,44)(H,45,46)/t23-,25-,26+,27?,29+,30+,31?/m1/s1. The molecule has 0 spiro atoms. The molecule has 0 bridgehead atoms. The molecule has 4 N–H and O–H groups in total. The van der Waals surface area contributed by atoms with Crippen LogP contribution in [0.4, 0.5) is 0 Å². The summed E-state index contributed by atoms with van der Waals surface area (Å²) in [6.45, 7) is 9.81. The van der Waals surface area contributed by atoms with E-state index in [1.165, 1.54) is 14.2 Å². The number of carboxylic acids is 1. The van der Waals surface area contributed by atoms with Crippen LogP contribution in [0.1, 0.15) is 59.4 Å². The van der Waals surface area contributed by atoms with Gasteiger partial charge in [-0.3, -0.25) is 24.1 Å². The van der Waals surface area contributed by atoms with Gasteiger partial charge in [0.2, 0.25) is 23.6 Å². The zero-order valence-corrected chi connectivity index (χ0v) is 30.0. The Bertz CT molecular complexity index is 1200. The molecule has 0 aromatic heterocycles. The average Bonchev–Trinajstić information content (AvgIpc) is 3.51. The lowest BCUT2D eigenvalue weighted by atomic mass is 9.94. The van der Waals surface area contributed by atoms with E-state index in [4.69, 9.17) is 9.47 Å². The lowest BCUT2D eigenvalue weighted by molar-refractivity contribution is -0.145. The van der Waals surface area contributed by atoms with Gasteiger partial charge in [-0.1, -0.05) is 65.0 Å². The van der Waals surface area contributed by atoms with Crippen LogP contribution in [0, 0.1) is 17.8 Å². The molecule has 1 aliphatic heterocycles. The first-order valence-electron chi connectivity index (χ1n) is 16.8. The van der Waals surface area contributed by atoms with Crippen molar-refractivity contribution in [2.75, 3.05) is 41.4 Å². The number of carbonyl (C=O) groups excluding carboxylic acids is 4. The number of rotatable bonds is 19. The first-order chi connectivity index (χ1) is 22.6. The zero-order chi connectivity index (χ0) is 36.1. The molecule has 48 heavy (non-hydrogen) atoms. The molecule has 13 nitrogen and oxygen atoms in total. The van der Waals surface area contributed by atoms with Crippen molar-refractivity contribution >= 4 is 29.6 Å². The molecule has 4 amide bonds. The summed E-state index contributed by atoms with van der Waals surface area (Å²) in [5.74, 6) is -3.28. The molecule has 1 aromatic rings. The second-order valence-electron chi connectivity index (χ2n) is 13.6. The number of likely N-dealkylation sites (N-methyl/N-ethyl adjacent to an activating group) is 1. The molecule has 2 rings (SSSR count). The van der Waals surface area contributed by atoms with Crippen LogP contribution in [0.15, 0.2) is 30.3 Å². The second kappa shape index (κ2) is 19.4. The number of methoxy groups -OCH3 is 2. The summed E-state index contributed by atoms with van der Waals surface area (Å²) in [4.78, 5) is 68.6. The zero-order valence-electron chi connectivity index (χ0n) is 30.0. The van der Waals surface area contributed by atoms with Gasteiger partial charge in [0.05, 0.1) is 36.6 Å². The van der Waals surface area contributed by atoms with Gasteiger partial charge in [0.25, 0.3) is 0 Å². The van der Waals surface area contributed by atoms with Crippen molar-refractivity contribution in [3.8, 4) is 0 Å². The van der Waals surface area contributed by atoms with Crippen LogP contribution in [0.5, 0.6) is 0 Å². The van der Waals surface area contributed by atoms with Crippen LogP contribution in [-0.2, 0) is 39.9 Å². The van der Waals surface area contributed by atoms with Crippen molar-refractivity contribution < 1.29 is 38.6 Å². The summed E-state index contributed by atoms with van der Waals surface area (Å²) in [7, 11) is 6.60. The van der Waals surface area contributed by atoms with Gasteiger partial charge in [0.15, 0.2) is 0 Å².